The highest BCUT2D eigenvalue weighted by Gasteiger charge is 2.56. The molecule has 0 bridgehead atoms. The number of hydrogen-bond acceptors (Lipinski definition) is 7. The third kappa shape index (κ3) is 6.33. The lowest BCUT2D eigenvalue weighted by molar-refractivity contribution is -0.208. The smallest absolute Gasteiger partial charge is 0.391 e. The summed E-state index contributed by atoms with van der Waals surface area (Å²) >= 11 is 1.28. The lowest BCUT2D eigenvalue weighted by Gasteiger charge is -2.27. The van der Waals surface area contributed by atoms with Crippen molar-refractivity contribution < 1.29 is 35.8 Å². The van der Waals surface area contributed by atoms with E-state index in [1.165, 1.54) is 22.7 Å². The molecule has 7 nitrogen and oxygen atoms in total. The minimum atomic E-state index is -4.80. The summed E-state index contributed by atoms with van der Waals surface area (Å²) in [4.78, 5) is 13.6. The van der Waals surface area contributed by atoms with Gasteiger partial charge in [0.15, 0.2) is 5.65 Å². The van der Waals surface area contributed by atoms with Gasteiger partial charge in [0.1, 0.15) is 16.3 Å². The van der Waals surface area contributed by atoms with Crippen molar-refractivity contribution in [3.05, 3.63) is 30.6 Å². The number of benzene rings is 1. The van der Waals surface area contributed by atoms with E-state index in [1.54, 1.807) is 26.2 Å². The molecule has 0 aliphatic heterocycles. The minimum Gasteiger partial charge on any atom is -0.497 e. The molecule has 0 radical (unpaired) electrons. The van der Waals surface area contributed by atoms with Crippen LogP contribution in [0.1, 0.15) is 26.2 Å². The summed E-state index contributed by atoms with van der Waals surface area (Å²) < 4.78 is 90.0. The Bertz CT molecular complexity index is 1200. The number of fused-ring (bicyclic) bond motifs is 1. The summed E-state index contributed by atoms with van der Waals surface area (Å²) in [5, 5.41) is 0.451. The van der Waals surface area contributed by atoms with Gasteiger partial charge in [0.2, 0.25) is 5.95 Å². The fraction of sp³-hybridized carbons (Fsp3) is 0.500. The number of alkyl halides is 6. The van der Waals surface area contributed by atoms with Gasteiger partial charge in [-0.25, -0.2) is 9.97 Å². The first kappa shape index (κ1) is 26.3. The van der Waals surface area contributed by atoms with Gasteiger partial charge < -0.3 is 19.8 Å². The molecule has 1 saturated carbocycles. The topological polar surface area (TPSA) is 88.1 Å². The van der Waals surface area contributed by atoms with Crippen LogP contribution < -0.4 is 10.5 Å². The molecule has 1 fully saturated rings. The second-order valence-corrected chi connectivity index (χ2v) is 9.82. The molecular formula is C22H23F6N5O2S. The highest BCUT2D eigenvalue weighted by molar-refractivity contribution is 7.99. The number of nitrogen functional groups attached to an aromatic ring is 1. The highest BCUT2D eigenvalue weighted by Crippen LogP contribution is 2.50. The molecular weight excluding hydrogens is 512 g/mol. The number of aromatic nitrogens is 4. The molecule has 0 saturated heterocycles. The van der Waals surface area contributed by atoms with Crippen LogP contribution in [0.5, 0.6) is 5.75 Å². The van der Waals surface area contributed by atoms with Crippen molar-refractivity contribution >= 4 is 28.9 Å². The maximum Gasteiger partial charge on any atom is 0.391 e. The van der Waals surface area contributed by atoms with E-state index < -0.39 is 36.9 Å². The average molecular weight is 536 g/mol. The molecule has 1 aromatic carbocycles. The van der Waals surface area contributed by atoms with Crippen LogP contribution >= 0.6 is 11.8 Å². The predicted octanol–water partition coefficient (Wildman–Crippen LogP) is 5.64. The molecule has 0 amide bonds. The fourth-order valence-electron chi connectivity index (χ4n) is 4.05. The fourth-order valence-corrected chi connectivity index (χ4v) is 4.93. The minimum absolute atomic E-state index is 0.0278. The third-order valence-electron chi connectivity index (χ3n) is 5.87. The number of methoxy groups -OCH3 is 1. The molecule has 4 rings (SSSR count). The van der Waals surface area contributed by atoms with Crippen molar-refractivity contribution in [2.75, 3.05) is 12.8 Å². The Kier molecular flexibility index (Phi) is 7.03. The molecule has 3 aromatic rings. The van der Waals surface area contributed by atoms with Crippen molar-refractivity contribution in [1.29, 1.82) is 0 Å². The summed E-state index contributed by atoms with van der Waals surface area (Å²) in [6, 6.07) is 7.19. The number of hydrogen-bond donors (Lipinski definition) is 1. The van der Waals surface area contributed by atoms with E-state index in [9.17, 15) is 26.3 Å². The van der Waals surface area contributed by atoms with Crippen LogP contribution in [0.25, 0.3) is 11.2 Å². The highest BCUT2D eigenvalue weighted by atomic mass is 32.2. The zero-order valence-electron chi connectivity index (χ0n) is 19.2. The number of halogens is 6. The van der Waals surface area contributed by atoms with Crippen LogP contribution in [0, 0.1) is 5.92 Å². The van der Waals surface area contributed by atoms with E-state index in [4.69, 9.17) is 15.2 Å². The number of ether oxygens (including phenoxy) is 2. The quantitative estimate of drug-likeness (QED) is 0.280. The summed E-state index contributed by atoms with van der Waals surface area (Å²) in [5.41, 5.74) is 5.40. The van der Waals surface area contributed by atoms with Gasteiger partial charge in [0, 0.05) is 4.90 Å². The van der Waals surface area contributed by atoms with Crippen LogP contribution in [-0.4, -0.2) is 50.7 Å². The Morgan fingerprint density at radius 1 is 1.11 bits per heavy atom. The molecule has 196 valence electrons. The molecule has 2 unspecified atom stereocenters. The van der Waals surface area contributed by atoms with Gasteiger partial charge in [0.25, 0.3) is 0 Å². The van der Waals surface area contributed by atoms with E-state index in [2.05, 4.69) is 15.0 Å². The SMILES string of the molecule is COc1ccc(Sc2nc(N)nc3c2ncn3CC2(OC(CC(F)(F)F)CC(F)(F)F)CC2C)cc1. The number of anilines is 1. The standard InChI is InChI=1S/C22H23F6N5O2S/c1-12-7-20(12,35-14(8-21(23,24)25)9-22(26,27)28)10-33-11-30-16-17(33)31-19(29)32-18(16)36-15-5-3-13(34-2)4-6-15/h3-6,11-12,14H,7-10H2,1-2H3,(H2,29,31,32). The first-order chi connectivity index (χ1) is 16.8. The third-order valence-corrected chi connectivity index (χ3v) is 6.86. The number of rotatable bonds is 9. The molecule has 36 heavy (non-hydrogen) atoms. The number of nitrogens with two attached hydrogens (primary N) is 1. The molecule has 14 heteroatoms. The molecule has 2 heterocycles. The van der Waals surface area contributed by atoms with Gasteiger partial charge >= 0.3 is 12.4 Å². The van der Waals surface area contributed by atoms with Crippen molar-refractivity contribution in [3.8, 4) is 5.75 Å². The molecule has 2 atom stereocenters. The van der Waals surface area contributed by atoms with E-state index in [-0.39, 0.29) is 18.4 Å². The van der Waals surface area contributed by atoms with E-state index in [0.29, 0.717) is 28.4 Å². The molecule has 2 aromatic heterocycles. The van der Waals surface area contributed by atoms with Gasteiger partial charge in [-0.05, 0) is 36.6 Å². The van der Waals surface area contributed by atoms with E-state index in [0.717, 1.165) is 4.90 Å². The van der Waals surface area contributed by atoms with E-state index >= 15 is 0 Å². The first-order valence-electron chi connectivity index (χ1n) is 10.9. The van der Waals surface area contributed by atoms with Gasteiger partial charge in [-0.3, -0.25) is 0 Å². The molecule has 1 aliphatic carbocycles. The van der Waals surface area contributed by atoms with Crippen molar-refractivity contribution in [3.63, 3.8) is 0 Å². The Balaban J connectivity index is 1.59. The lowest BCUT2D eigenvalue weighted by atomic mass is 10.1. The second-order valence-electron chi connectivity index (χ2n) is 8.76. The van der Waals surface area contributed by atoms with Crippen LogP contribution in [0.3, 0.4) is 0 Å². The molecule has 0 spiro atoms. The van der Waals surface area contributed by atoms with Crippen LogP contribution in [0.2, 0.25) is 0 Å². The van der Waals surface area contributed by atoms with Crippen LogP contribution in [-0.2, 0) is 11.3 Å². The maximum atomic E-state index is 13.0. The second kappa shape index (κ2) is 9.61. The Morgan fingerprint density at radius 3 is 2.25 bits per heavy atom. The van der Waals surface area contributed by atoms with Gasteiger partial charge in [0.05, 0.1) is 44.5 Å². The largest absolute Gasteiger partial charge is 0.497 e. The normalized spacial score (nSPS) is 20.3. The maximum absolute atomic E-state index is 13.0. The van der Waals surface area contributed by atoms with Crippen LogP contribution in [0.15, 0.2) is 40.5 Å². The summed E-state index contributed by atoms with van der Waals surface area (Å²) in [7, 11) is 1.55. The number of imidazole rings is 1. The van der Waals surface area contributed by atoms with Crippen molar-refractivity contribution in [2.45, 2.75) is 66.7 Å². The predicted molar refractivity (Wildman–Crippen MR) is 120 cm³/mol. The lowest BCUT2D eigenvalue weighted by Crippen LogP contribution is -2.35. The zero-order chi connectivity index (χ0) is 26.3. The summed E-state index contributed by atoms with van der Waals surface area (Å²) in [5.74, 6) is 0.367. The zero-order valence-corrected chi connectivity index (χ0v) is 20.0. The van der Waals surface area contributed by atoms with Gasteiger partial charge in [-0.15, -0.1) is 0 Å². The number of nitrogens with zero attached hydrogens (tertiary/aromatic N) is 4. The van der Waals surface area contributed by atoms with Gasteiger partial charge in [-0.1, -0.05) is 18.7 Å². The average Bonchev–Trinajstić information content (AvgIpc) is 3.17. The monoisotopic (exact) mass is 535 g/mol. The Morgan fingerprint density at radius 2 is 1.72 bits per heavy atom. The Labute approximate surface area is 206 Å². The van der Waals surface area contributed by atoms with Crippen molar-refractivity contribution in [1.82, 2.24) is 19.5 Å². The Hall–Kier alpha value is -2.74. The molecule has 1 aliphatic rings. The molecule has 2 N–H and O–H groups in total. The summed E-state index contributed by atoms with van der Waals surface area (Å²) in [6.07, 6.45) is -13.3. The first-order valence-corrected chi connectivity index (χ1v) is 11.7. The van der Waals surface area contributed by atoms with E-state index in [1.807, 2.05) is 12.1 Å². The van der Waals surface area contributed by atoms with Crippen molar-refractivity contribution in [2.24, 2.45) is 5.92 Å². The van der Waals surface area contributed by atoms with Crippen LogP contribution in [0.4, 0.5) is 32.3 Å². The summed E-state index contributed by atoms with van der Waals surface area (Å²) in [6.45, 7) is 1.69. The van der Waals surface area contributed by atoms with Gasteiger partial charge in [-0.2, -0.15) is 31.3 Å².